The van der Waals surface area contributed by atoms with Crippen LogP contribution in [0.2, 0.25) is 0 Å². The van der Waals surface area contributed by atoms with Gasteiger partial charge in [0, 0.05) is 5.39 Å². The van der Waals surface area contributed by atoms with Crippen LogP contribution in [-0.2, 0) is 10.1 Å². The number of carboxylic acids is 1. The summed E-state index contributed by atoms with van der Waals surface area (Å²) in [5.74, 6) is -1.29. The van der Waals surface area contributed by atoms with Crippen molar-refractivity contribution in [3.05, 3.63) is 84.4 Å². The lowest BCUT2D eigenvalue weighted by Crippen LogP contribution is -1.97. The standard InChI is InChI=1S/C11H8O3.C10H8O3S/c12-10-8-4-2-1-3-7(8)5-6-9(10)11(13)14;11-14(12,13)10-6-5-8-3-1-2-4-9(8)7-10/h1-6,12H,(H,13,14);1-7H,(H,11,12,13). The molecule has 0 bridgehead atoms. The summed E-state index contributed by atoms with van der Waals surface area (Å²) in [7, 11) is -4.09. The van der Waals surface area contributed by atoms with E-state index in [-0.39, 0.29) is 16.2 Å². The summed E-state index contributed by atoms with van der Waals surface area (Å²) in [6, 6.07) is 22.0. The molecule has 0 saturated heterocycles. The highest BCUT2D eigenvalue weighted by Crippen LogP contribution is 2.28. The molecule has 4 rings (SSSR count). The molecule has 4 aromatic carbocycles. The number of phenols is 1. The first-order valence-corrected chi connectivity index (χ1v) is 9.61. The number of benzene rings is 4. The van der Waals surface area contributed by atoms with Crippen molar-refractivity contribution in [3.63, 3.8) is 0 Å². The molecule has 0 aliphatic heterocycles. The van der Waals surface area contributed by atoms with E-state index in [9.17, 15) is 18.3 Å². The van der Waals surface area contributed by atoms with Crippen molar-refractivity contribution < 1.29 is 28.0 Å². The molecule has 0 heterocycles. The van der Waals surface area contributed by atoms with Crippen LogP contribution in [0.5, 0.6) is 5.75 Å². The van der Waals surface area contributed by atoms with Gasteiger partial charge in [-0.25, -0.2) is 4.79 Å². The smallest absolute Gasteiger partial charge is 0.339 e. The maximum Gasteiger partial charge on any atom is 0.339 e. The van der Waals surface area contributed by atoms with Crippen LogP contribution >= 0.6 is 0 Å². The summed E-state index contributed by atoms with van der Waals surface area (Å²) in [6.07, 6.45) is 0. The number of hydrogen-bond acceptors (Lipinski definition) is 4. The van der Waals surface area contributed by atoms with Crippen molar-refractivity contribution in [2.45, 2.75) is 4.90 Å². The van der Waals surface area contributed by atoms with Gasteiger partial charge < -0.3 is 10.2 Å². The molecule has 3 N–H and O–H groups in total. The van der Waals surface area contributed by atoms with Gasteiger partial charge in [0.25, 0.3) is 10.1 Å². The van der Waals surface area contributed by atoms with Gasteiger partial charge in [-0.1, -0.05) is 60.7 Å². The quantitative estimate of drug-likeness (QED) is 0.435. The summed E-state index contributed by atoms with van der Waals surface area (Å²) in [4.78, 5) is 10.6. The predicted octanol–water partition coefficient (Wildman–Crippen LogP) is 4.33. The van der Waals surface area contributed by atoms with Gasteiger partial charge in [0.15, 0.2) is 0 Å². The van der Waals surface area contributed by atoms with Crippen LogP contribution in [0.1, 0.15) is 10.4 Å². The van der Waals surface area contributed by atoms with Crippen LogP contribution in [-0.4, -0.2) is 29.2 Å². The van der Waals surface area contributed by atoms with Gasteiger partial charge in [-0.3, -0.25) is 4.55 Å². The zero-order valence-electron chi connectivity index (χ0n) is 14.5. The summed E-state index contributed by atoms with van der Waals surface area (Å²) >= 11 is 0. The van der Waals surface area contributed by atoms with Gasteiger partial charge in [-0.2, -0.15) is 8.42 Å². The molecule has 0 aliphatic carbocycles. The number of fused-ring (bicyclic) bond motifs is 2. The first-order chi connectivity index (χ1) is 13.3. The molecule has 6 nitrogen and oxygen atoms in total. The van der Waals surface area contributed by atoms with Crippen molar-refractivity contribution in [1.82, 2.24) is 0 Å². The minimum atomic E-state index is -4.09. The molecular weight excluding hydrogens is 380 g/mol. The lowest BCUT2D eigenvalue weighted by molar-refractivity contribution is 0.0694. The number of hydrogen-bond donors (Lipinski definition) is 3. The molecule has 7 heteroatoms. The fraction of sp³-hybridized carbons (Fsp3) is 0. The van der Waals surface area contributed by atoms with E-state index in [1.807, 2.05) is 30.3 Å². The molecule has 0 aromatic heterocycles. The molecule has 0 saturated carbocycles. The Hall–Kier alpha value is -3.42. The van der Waals surface area contributed by atoms with Gasteiger partial charge in [0.1, 0.15) is 11.3 Å². The Morgan fingerprint density at radius 1 is 0.750 bits per heavy atom. The Bertz CT molecular complexity index is 1280. The van der Waals surface area contributed by atoms with E-state index in [0.717, 1.165) is 16.2 Å². The first-order valence-electron chi connectivity index (χ1n) is 8.17. The van der Waals surface area contributed by atoms with Crippen LogP contribution in [0, 0.1) is 0 Å². The van der Waals surface area contributed by atoms with Gasteiger partial charge in [-0.05, 0) is 34.4 Å². The largest absolute Gasteiger partial charge is 0.506 e. The second kappa shape index (κ2) is 7.67. The Morgan fingerprint density at radius 3 is 1.96 bits per heavy atom. The monoisotopic (exact) mass is 396 g/mol. The molecule has 28 heavy (non-hydrogen) atoms. The Morgan fingerprint density at radius 2 is 1.32 bits per heavy atom. The highest BCUT2D eigenvalue weighted by molar-refractivity contribution is 7.85. The van der Waals surface area contributed by atoms with Crippen molar-refractivity contribution in [1.29, 1.82) is 0 Å². The molecule has 0 fully saturated rings. The topological polar surface area (TPSA) is 112 Å². The predicted molar refractivity (Wildman–Crippen MR) is 106 cm³/mol. The SMILES string of the molecule is O=C(O)c1ccc2ccccc2c1O.O=S(=O)(O)c1ccc2ccccc2c1. The minimum absolute atomic E-state index is 0.0660. The Balaban J connectivity index is 0.000000161. The average Bonchev–Trinajstić information content (AvgIpc) is 2.67. The van der Waals surface area contributed by atoms with Crippen LogP contribution < -0.4 is 0 Å². The zero-order chi connectivity index (χ0) is 20.3. The summed E-state index contributed by atoms with van der Waals surface area (Å²) < 4.78 is 30.5. The molecule has 0 amide bonds. The molecular formula is C21H16O6S. The Kier molecular flexibility index (Phi) is 5.30. The van der Waals surface area contributed by atoms with E-state index in [2.05, 4.69) is 0 Å². The van der Waals surface area contributed by atoms with Crippen molar-refractivity contribution in [2.24, 2.45) is 0 Å². The lowest BCUT2D eigenvalue weighted by Gasteiger charge is -2.03. The normalized spacial score (nSPS) is 11.0. The summed E-state index contributed by atoms with van der Waals surface area (Å²) in [6.45, 7) is 0. The molecule has 0 atom stereocenters. The van der Waals surface area contributed by atoms with Crippen molar-refractivity contribution in [2.75, 3.05) is 0 Å². The molecule has 0 aliphatic rings. The third kappa shape index (κ3) is 4.11. The molecule has 142 valence electrons. The zero-order valence-corrected chi connectivity index (χ0v) is 15.3. The van der Waals surface area contributed by atoms with Crippen LogP contribution in [0.15, 0.2) is 83.8 Å². The summed E-state index contributed by atoms with van der Waals surface area (Å²) in [5.41, 5.74) is -0.0660. The van der Waals surface area contributed by atoms with Crippen LogP contribution in [0.25, 0.3) is 21.5 Å². The van der Waals surface area contributed by atoms with E-state index in [0.29, 0.717) is 5.39 Å². The number of carboxylic acid groups (broad SMARTS) is 1. The minimum Gasteiger partial charge on any atom is -0.506 e. The van der Waals surface area contributed by atoms with Crippen LogP contribution in [0.3, 0.4) is 0 Å². The molecule has 0 spiro atoms. The number of aromatic hydroxyl groups is 1. The maximum atomic E-state index is 10.8. The summed E-state index contributed by atoms with van der Waals surface area (Å²) in [5, 5.41) is 21.5. The third-order valence-corrected chi connectivity index (χ3v) is 5.00. The average molecular weight is 396 g/mol. The molecule has 4 aromatic rings. The fourth-order valence-electron chi connectivity index (χ4n) is 2.76. The fourth-order valence-corrected chi connectivity index (χ4v) is 3.27. The van der Waals surface area contributed by atoms with E-state index in [1.165, 1.54) is 18.2 Å². The second-order valence-electron chi connectivity index (χ2n) is 5.97. The highest BCUT2D eigenvalue weighted by Gasteiger charge is 2.11. The van der Waals surface area contributed by atoms with E-state index < -0.39 is 16.1 Å². The molecule has 0 unspecified atom stereocenters. The maximum absolute atomic E-state index is 10.8. The first kappa shape index (κ1) is 19.3. The highest BCUT2D eigenvalue weighted by atomic mass is 32.2. The second-order valence-corrected chi connectivity index (χ2v) is 7.39. The van der Waals surface area contributed by atoms with E-state index in [1.54, 1.807) is 30.3 Å². The van der Waals surface area contributed by atoms with E-state index >= 15 is 0 Å². The van der Waals surface area contributed by atoms with Gasteiger partial charge in [-0.15, -0.1) is 0 Å². The van der Waals surface area contributed by atoms with Gasteiger partial charge >= 0.3 is 5.97 Å². The van der Waals surface area contributed by atoms with E-state index in [4.69, 9.17) is 9.66 Å². The number of aromatic carboxylic acids is 1. The Labute approximate surface area is 161 Å². The molecule has 0 radical (unpaired) electrons. The number of rotatable bonds is 2. The lowest BCUT2D eigenvalue weighted by atomic mass is 10.1. The third-order valence-electron chi connectivity index (χ3n) is 4.15. The van der Waals surface area contributed by atoms with Crippen molar-refractivity contribution in [3.8, 4) is 5.75 Å². The van der Waals surface area contributed by atoms with Crippen molar-refractivity contribution >= 4 is 37.6 Å². The van der Waals surface area contributed by atoms with Crippen LogP contribution in [0.4, 0.5) is 0 Å². The van der Waals surface area contributed by atoms with Gasteiger partial charge in [0.2, 0.25) is 0 Å². The number of carbonyl (C=O) groups is 1. The van der Waals surface area contributed by atoms with Gasteiger partial charge in [0.05, 0.1) is 4.90 Å².